The van der Waals surface area contributed by atoms with Gasteiger partial charge in [-0.25, -0.2) is 0 Å². The summed E-state index contributed by atoms with van der Waals surface area (Å²) in [6.45, 7) is 3.70. The van der Waals surface area contributed by atoms with E-state index in [1.807, 2.05) is 52.9 Å². The number of hydrogen-bond donors (Lipinski definition) is 0. The van der Waals surface area contributed by atoms with E-state index in [1.165, 1.54) is 17.3 Å². The Morgan fingerprint density at radius 2 is 1.76 bits per heavy atom. The molecule has 0 saturated heterocycles. The van der Waals surface area contributed by atoms with E-state index in [9.17, 15) is 4.79 Å². The van der Waals surface area contributed by atoms with Crippen molar-refractivity contribution in [1.82, 2.24) is 14.6 Å². The minimum Gasteiger partial charge on any atom is -0.298 e. The summed E-state index contributed by atoms with van der Waals surface area (Å²) in [5, 5.41) is 10.3. The van der Waals surface area contributed by atoms with Gasteiger partial charge in [-0.1, -0.05) is 60.3 Å². The summed E-state index contributed by atoms with van der Waals surface area (Å²) in [5.74, 6) is 0.101. The Labute approximate surface area is 149 Å². The highest BCUT2D eigenvalue weighted by molar-refractivity contribution is 8.00. The predicted octanol–water partition coefficient (Wildman–Crippen LogP) is 4.61. The number of thioether (sulfide) groups is 1. The fourth-order valence-corrected chi connectivity index (χ4v) is 4.13. The van der Waals surface area contributed by atoms with E-state index in [0.29, 0.717) is 0 Å². The van der Waals surface area contributed by atoms with Gasteiger partial charge in [-0.15, -0.1) is 10.2 Å². The van der Waals surface area contributed by atoms with Crippen LogP contribution in [-0.2, 0) is 4.79 Å². The highest BCUT2D eigenvalue weighted by atomic mass is 32.2. The van der Waals surface area contributed by atoms with Crippen molar-refractivity contribution in [2.75, 3.05) is 0 Å². The number of para-hydroxylation sites is 1. The van der Waals surface area contributed by atoms with E-state index in [1.54, 1.807) is 6.92 Å². The summed E-state index contributed by atoms with van der Waals surface area (Å²) in [5.41, 5.74) is 4.00. The average Bonchev–Trinajstić information content (AvgIpc) is 3.03. The van der Waals surface area contributed by atoms with Crippen molar-refractivity contribution in [1.29, 1.82) is 0 Å². The number of benzene rings is 2. The molecule has 0 radical (unpaired) electrons. The Morgan fingerprint density at radius 3 is 2.52 bits per heavy atom. The first-order chi connectivity index (χ1) is 12.1. The van der Waals surface area contributed by atoms with Crippen molar-refractivity contribution in [3.63, 3.8) is 0 Å². The number of pyridine rings is 1. The third-order valence-corrected chi connectivity index (χ3v) is 5.58. The second-order valence-electron chi connectivity index (χ2n) is 6.04. The Hall–Kier alpha value is -2.66. The van der Waals surface area contributed by atoms with Gasteiger partial charge in [-0.3, -0.25) is 9.20 Å². The summed E-state index contributed by atoms with van der Waals surface area (Å²) in [6.07, 6.45) is 0. The molecule has 5 heteroatoms. The molecule has 2 aromatic carbocycles. The highest BCUT2D eigenvalue weighted by Gasteiger charge is 2.22. The van der Waals surface area contributed by atoms with Crippen molar-refractivity contribution in [2.45, 2.75) is 24.3 Å². The minimum absolute atomic E-state index is 0.101. The van der Waals surface area contributed by atoms with Crippen LogP contribution in [0.5, 0.6) is 0 Å². The lowest BCUT2D eigenvalue weighted by molar-refractivity contribution is -0.116. The number of carbonyl (C=O) groups is 1. The number of aryl methyl sites for hydroxylation is 1. The van der Waals surface area contributed by atoms with E-state index < -0.39 is 0 Å². The summed E-state index contributed by atoms with van der Waals surface area (Å²) in [7, 11) is 0. The summed E-state index contributed by atoms with van der Waals surface area (Å²) < 4.78 is 2.03. The lowest BCUT2D eigenvalue weighted by Crippen LogP contribution is -2.06. The number of hydrogen-bond acceptors (Lipinski definition) is 4. The predicted molar refractivity (Wildman–Crippen MR) is 101 cm³/mol. The van der Waals surface area contributed by atoms with Crippen LogP contribution >= 0.6 is 11.8 Å². The average molecular weight is 347 g/mol. The van der Waals surface area contributed by atoms with Crippen LogP contribution < -0.4 is 0 Å². The van der Waals surface area contributed by atoms with Gasteiger partial charge in [-0.05, 0) is 37.1 Å². The Morgan fingerprint density at radius 1 is 1.04 bits per heavy atom. The quantitative estimate of drug-likeness (QED) is 0.506. The summed E-state index contributed by atoms with van der Waals surface area (Å²) in [6, 6.07) is 20.0. The number of fused-ring (bicyclic) bond motifs is 3. The largest absolute Gasteiger partial charge is 0.298 e. The maximum atomic E-state index is 12.2. The molecule has 2 aromatic heterocycles. The molecule has 0 bridgehead atoms. The minimum atomic E-state index is -0.298. The third kappa shape index (κ3) is 2.81. The molecule has 4 rings (SSSR count). The molecule has 0 spiro atoms. The lowest BCUT2D eigenvalue weighted by atomic mass is 10.1. The number of ketones is 1. The molecule has 0 unspecified atom stereocenters. The van der Waals surface area contributed by atoms with Crippen LogP contribution in [0.25, 0.3) is 16.6 Å². The maximum absolute atomic E-state index is 12.2. The molecule has 0 saturated carbocycles. The van der Waals surface area contributed by atoms with Gasteiger partial charge in [0.2, 0.25) is 0 Å². The topological polar surface area (TPSA) is 47.3 Å². The first kappa shape index (κ1) is 15.8. The lowest BCUT2D eigenvalue weighted by Gasteiger charge is -2.13. The molecule has 0 fully saturated rings. The Balaban J connectivity index is 1.87. The van der Waals surface area contributed by atoms with E-state index in [2.05, 4.69) is 29.3 Å². The summed E-state index contributed by atoms with van der Waals surface area (Å²) >= 11 is 1.45. The van der Waals surface area contributed by atoms with Crippen LogP contribution in [0, 0.1) is 6.92 Å². The normalized spacial score (nSPS) is 12.6. The van der Waals surface area contributed by atoms with Crippen LogP contribution in [0.4, 0.5) is 0 Å². The van der Waals surface area contributed by atoms with Crippen LogP contribution in [0.1, 0.15) is 23.3 Å². The first-order valence-corrected chi connectivity index (χ1v) is 8.98. The molecule has 2 heterocycles. The van der Waals surface area contributed by atoms with Gasteiger partial charge in [-0.2, -0.15) is 0 Å². The fourth-order valence-electron chi connectivity index (χ4n) is 3.07. The monoisotopic (exact) mass is 347 g/mol. The number of nitrogens with zero attached hydrogens (tertiary/aromatic N) is 3. The molecular weight excluding hydrogens is 330 g/mol. The van der Waals surface area contributed by atoms with Crippen LogP contribution in [0.3, 0.4) is 0 Å². The zero-order valence-electron chi connectivity index (χ0n) is 14.0. The molecule has 25 heavy (non-hydrogen) atoms. The van der Waals surface area contributed by atoms with E-state index in [0.717, 1.165) is 27.3 Å². The zero-order chi connectivity index (χ0) is 17.4. The maximum Gasteiger partial charge on any atom is 0.197 e. The van der Waals surface area contributed by atoms with E-state index in [4.69, 9.17) is 0 Å². The van der Waals surface area contributed by atoms with Crippen molar-refractivity contribution < 1.29 is 4.79 Å². The van der Waals surface area contributed by atoms with Crippen molar-refractivity contribution >= 4 is 34.1 Å². The fraction of sp³-hybridized carbons (Fsp3) is 0.150. The molecule has 0 aliphatic rings. The molecule has 0 amide bonds. The molecule has 4 nitrogen and oxygen atoms in total. The number of rotatable bonds is 4. The molecule has 0 aliphatic heterocycles. The second kappa shape index (κ2) is 6.33. The molecule has 0 N–H and O–H groups in total. The van der Waals surface area contributed by atoms with Crippen molar-refractivity contribution in [3.05, 3.63) is 71.8 Å². The number of carbonyl (C=O) groups excluding carboxylic acids is 1. The van der Waals surface area contributed by atoms with E-state index >= 15 is 0 Å². The Kier molecular flexibility index (Phi) is 4.01. The van der Waals surface area contributed by atoms with Crippen LogP contribution in [0.15, 0.2) is 65.8 Å². The molecule has 4 aromatic rings. The van der Waals surface area contributed by atoms with Crippen molar-refractivity contribution in [2.24, 2.45) is 0 Å². The third-order valence-electron chi connectivity index (χ3n) is 4.27. The summed E-state index contributed by atoms with van der Waals surface area (Å²) in [4.78, 5) is 12.2. The Bertz CT molecular complexity index is 1070. The van der Waals surface area contributed by atoms with Gasteiger partial charge in [0.05, 0.1) is 10.8 Å². The van der Waals surface area contributed by atoms with Gasteiger partial charge in [0.25, 0.3) is 0 Å². The molecule has 124 valence electrons. The van der Waals surface area contributed by atoms with Crippen molar-refractivity contribution in [3.8, 4) is 0 Å². The van der Waals surface area contributed by atoms with Gasteiger partial charge < -0.3 is 0 Å². The SMILES string of the molecule is CC(=O)[C@@H](Sc1nnc2cc(C)c3ccccc3n12)c1ccccc1. The standard InChI is InChI=1S/C20H17N3OS/c1-13-12-18-21-22-20(23(18)17-11-7-6-10-16(13)17)25-19(14(2)24)15-8-4-3-5-9-15/h3-12,19H,1-2H3/t19-/m1/s1. The number of Topliss-reactive ketones (excluding diaryl/α,β-unsaturated/α-hetero) is 1. The zero-order valence-corrected chi connectivity index (χ0v) is 14.8. The second-order valence-corrected chi connectivity index (χ2v) is 7.11. The van der Waals surface area contributed by atoms with Gasteiger partial charge >= 0.3 is 0 Å². The highest BCUT2D eigenvalue weighted by Crippen LogP contribution is 2.36. The van der Waals surface area contributed by atoms with Crippen LogP contribution in [-0.4, -0.2) is 20.4 Å². The van der Waals surface area contributed by atoms with Gasteiger partial charge in [0.1, 0.15) is 5.78 Å². The molecule has 1 atom stereocenters. The van der Waals surface area contributed by atoms with Gasteiger partial charge in [0, 0.05) is 5.39 Å². The first-order valence-electron chi connectivity index (χ1n) is 8.10. The van der Waals surface area contributed by atoms with Gasteiger partial charge in [0.15, 0.2) is 10.8 Å². The molecular formula is C20H17N3OS. The van der Waals surface area contributed by atoms with Crippen LogP contribution in [0.2, 0.25) is 0 Å². The molecule has 0 aliphatic carbocycles. The smallest absolute Gasteiger partial charge is 0.197 e. The number of aromatic nitrogens is 3. The van der Waals surface area contributed by atoms with E-state index in [-0.39, 0.29) is 11.0 Å².